The standard InChI is InChI=1S/C17H21FN2O2S/c1-11(12-4-6-22-7-5-12)20-17(21)19-10-15-9-13-8-14(18)2-3-16(13)23-15/h2-3,8-9,11-12H,4-7,10H2,1H3,(H2,19,20,21)/t11-/m0/s1. The summed E-state index contributed by atoms with van der Waals surface area (Å²) in [4.78, 5) is 13.0. The number of rotatable bonds is 4. The lowest BCUT2D eigenvalue weighted by Gasteiger charge is -2.28. The van der Waals surface area contributed by atoms with E-state index in [1.807, 2.05) is 13.0 Å². The van der Waals surface area contributed by atoms with Crippen LogP contribution in [0, 0.1) is 11.7 Å². The summed E-state index contributed by atoms with van der Waals surface area (Å²) >= 11 is 1.57. The van der Waals surface area contributed by atoms with Crippen LogP contribution in [0.4, 0.5) is 9.18 Å². The largest absolute Gasteiger partial charge is 0.381 e. The van der Waals surface area contributed by atoms with Crippen LogP contribution in [0.2, 0.25) is 0 Å². The highest BCUT2D eigenvalue weighted by molar-refractivity contribution is 7.19. The van der Waals surface area contributed by atoms with Crippen molar-refractivity contribution in [3.05, 3.63) is 35.0 Å². The molecule has 0 aliphatic carbocycles. The molecule has 2 heterocycles. The van der Waals surface area contributed by atoms with Crippen molar-refractivity contribution in [1.82, 2.24) is 10.6 Å². The average molecular weight is 336 g/mol. The summed E-state index contributed by atoms with van der Waals surface area (Å²) in [6.45, 7) is 4.04. The van der Waals surface area contributed by atoms with Gasteiger partial charge in [0.1, 0.15) is 5.82 Å². The lowest BCUT2D eigenvalue weighted by molar-refractivity contribution is 0.0571. The quantitative estimate of drug-likeness (QED) is 0.895. The van der Waals surface area contributed by atoms with Crippen molar-refractivity contribution in [2.75, 3.05) is 13.2 Å². The molecule has 0 spiro atoms. The summed E-state index contributed by atoms with van der Waals surface area (Å²) in [6, 6.07) is 6.64. The van der Waals surface area contributed by atoms with E-state index in [1.54, 1.807) is 17.4 Å². The van der Waals surface area contributed by atoms with E-state index in [0.29, 0.717) is 12.5 Å². The van der Waals surface area contributed by atoms with Gasteiger partial charge in [-0.3, -0.25) is 0 Å². The Kier molecular flexibility index (Phi) is 5.13. The van der Waals surface area contributed by atoms with Crippen molar-refractivity contribution in [2.24, 2.45) is 5.92 Å². The number of benzene rings is 1. The minimum absolute atomic E-state index is 0.135. The Labute approximate surface area is 139 Å². The first-order valence-electron chi connectivity index (χ1n) is 7.92. The molecular weight excluding hydrogens is 315 g/mol. The van der Waals surface area contributed by atoms with Crippen LogP contribution in [-0.4, -0.2) is 25.3 Å². The zero-order valence-corrected chi connectivity index (χ0v) is 13.9. The smallest absolute Gasteiger partial charge is 0.315 e. The van der Waals surface area contributed by atoms with Crippen molar-refractivity contribution in [1.29, 1.82) is 0 Å². The molecule has 0 radical (unpaired) electrons. The number of carbonyl (C=O) groups excluding carboxylic acids is 1. The molecule has 3 rings (SSSR count). The molecule has 1 saturated heterocycles. The Morgan fingerprint density at radius 1 is 1.39 bits per heavy atom. The number of carbonyl (C=O) groups is 1. The van der Waals surface area contributed by atoms with Crippen molar-refractivity contribution in [3.8, 4) is 0 Å². The highest BCUT2D eigenvalue weighted by Gasteiger charge is 2.21. The van der Waals surface area contributed by atoms with Gasteiger partial charge in [-0.05, 0) is 55.3 Å². The second-order valence-corrected chi connectivity index (χ2v) is 7.13. The Hall–Kier alpha value is -1.66. The molecule has 0 unspecified atom stereocenters. The van der Waals surface area contributed by atoms with Crippen molar-refractivity contribution in [2.45, 2.75) is 32.4 Å². The molecule has 2 amide bonds. The van der Waals surface area contributed by atoms with Gasteiger partial charge in [0.15, 0.2) is 0 Å². The van der Waals surface area contributed by atoms with Gasteiger partial charge in [0, 0.05) is 28.8 Å². The topological polar surface area (TPSA) is 50.4 Å². The third-order valence-corrected chi connectivity index (χ3v) is 5.40. The molecule has 0 saturated carbocycles. The van der Waals surface area contributed by atoms with Crippen LogP contribution in [0.3, 0.4) is 0 Å². The van der Waals surface area contributed by atoms with Crippen molar-refractivity contribution >= 4 is 27.5 Å². The van der Waals surface area contributed by atoms with E-state index in [1.165, 1.54) is 12.1 Å². The van der Waals surface area contributed by atoms with Crippen molar-refractivity contribution < 1.29 is 13.9 Å². The third kappa shape index (κ3) is 4.20. The fourth-order valence-electron chi connectivity index (χ4n) is 2.92. The van der Waals surface area contributed by atoms with Crippen LogP contribution in [0.5, 0.6) is 0 Å². The molecule has 4 nitrogen and oxygen atoms in total. The number of thiophene rings is 1. The normalized spacial score (nSPS) is 17.1. The number of hydrogen-bond acceptors (Lipinski definition) is 3. The Balaban J connectivity index is 1.51. The first-order valence-corrected chi connectivity index (χ1v) is 8.73. The fraction of sp³-hybridized carbons (Fsp3) is 0.471. The summed E-state index contributed by atoms with van der Waals surface area (Å²) < 4.78 is 19.6. The molecule has 1 aromatic carbocycles. The maximum absolute atomic E-state index is 13.2. The number of urea groups is 1. The Morgan fingerprint density at radius 3 is 2.96 bits per heavy atom. The Morgan fingerprint density at radius 2 is 2.17 bits per heavy atom. The molecule has 124 valence electrons. The number of ether oxygens (including phenoxy) is 1. The number of nitrogens with one attached hydrogen (secondary N) is 2. The first-order chi connectivity index (χ1) is 11.1. The molecule has 2 N–H and O–H groups in total. The third-order valence-electron chi connectivity index (χ3n) is 4.28. The van der Waals surface area contributed by atoms with E-state index in [9.17, 15) is 9.18 Å². The van der Waals surface area contributed by atoms with Gasteiger partial charge in [-0.2, -0.15) is 0 Å². The number of fused-ring (bicyclic) bond motifs is 1. The second-order valence-electron chi connectivity index (χ2n) is 5.96. The monoisotopic (exact) mass is 336 g/mol. The molecule has 1 fully saturated rings. The molecule has 1 aliphatic heterocycles. The SMILES string of the molecule is C[C@H](NC(=O)NCc1cc2cc(F)ccc2s1)C1CCOCC1. The van der Waals surface area contributed by atoms with E-state index >= 15 is 0 Å². The van der Waals surface area contributed by atoms with Gasteiger partial charge in [0.2, 0.25) is 0 Å². The average Bonchev–Trinajstić information content (AvgIpc) is 2.95. The van der Waals surface area contributed by atoms with Crippen LogP contribution in [-0.2, 0) is 11.3 Å². The van der Waals surface area contributed by atoms with Gasteiger partial charge in [0.05, 0.1) is 6.54 Å². The molecule has 1 atom stereocenters. The molecule has 23 heavy (non-hydrogen) atoms. The minimum Gasteiger partial charge on any atom is -0.381 e. The summed E-state index contributed by atoms with van der Waals surface area (Å²) in [5.41, 5.74) is 0. The van der Waals surface area contributed by atoms with E-state index < -0.39 is 0 Å². The highest BCUT2D eigenvalue weighted by Crippen LogP contribution is 2.26. The van der Waals surface area contributed by atoms with E-state index in [4.69, 9.17) is 4.74 Å². The van der Waals surface area contributed by atoms with Gasteiger partial charge in [-0.15, -0.1) is 11.3 Å². The number of halogens is 1. The van der Waals surface area contributed by atoms with E-state index in [-0.39, 0.29) is 17.9 Å². The van der Waals surface area contributed by atoms with E-state index in [2.05, 4.69) is 10.6 Å². The molecule has 6 heteroatoms. The maximum atomic E-state index is 13.2. The molecular formula is C17H21FN2O2S. The maximum Gasteiger partial charge on any atom is 0.315 e. The molecule has 1 aliphatic rings. The van der Waals surface area contributed by atoms with Gasteiger partial charge in [-0.25, -0.2) is 9.18 Å². The number of hydrogen-bond donors (Lipinski definition) is 2. The van der Waals surface area contributed by atoms with Gasteiger partial charge >= 0.3 is 6.03 Å². The second kappa shape index (κ2) is 7.27. The van der Waals surface area contributed by atoms with Gasteiger partial charge < -0.3 is 15.4 Å². The molecule has 0 bridgehead atoms. The zero-order chi connectivity index (χ0) is 16.2. The Bertz CT molecular complexity index is 682. The molecule has 2 aromatic rings. The van der Waals surface area contributed by atoms with E-state index in [0.717, 1.165) is 41.0 Å². The summed E-state index contributed by atoms with van der Waals surface area (Å²) in [5.74, 6) is 0.236. The summed E-state index contributed by atoms with van der Waals surface area (Å²) in [6.07, 6.45) is 1.98. The summed E-state index contributed by atoms with van der Waals surface area (Å²) in [5, 5.41) is 6.76. The van der Waals surface area contributed by atoms with Gasteiger partial charge in [-0.1, -0.05) is 0 Å². The zero-order valence-electron chi connectivity index (χ0n) is 13.1. The van der Waals surface area contributed by atoms with Crippen molar-refractivity contribution in [3.63, 3.8) is 0 Å². The van der Waals surface area contributed by atoms with Crippen LogP contribution in [0.1, 0.15) is 24.6 Å². The molecule has 1 aromatic heterocycles. The predicted octanol–water partition coefficient (Wildman–Crippen LogP) is 3.65. The fourth-order valence-corrected chi connectivity index (χ4v) is 3.90. The van der Waals surface area contributed by atoms with Crippen LogP contribution in [0.25, 0.3) is 10.1 Å². The van der Waals surface area contributed by atoms with Crippen LogP contribution < -0.4 is 10.6 Å². The van der Waals surface area contributed by atoms with Crippen LogP contribution >= 0.6 is 11.3 Å². The lowest BCUT2D eigenvalue weighted by atomic mass is 9.93. The lowest BCUT2D eigenvalue weighted by Crippen LogP contribution is -2.45. The highest BCUT2D eigenvalue weighted by atomic mass is 32.1. The summed E-state index contributed by atoms with van der Waals surface area (Å²) in [7, 11) is 0. The van der Waals surface area contributed by atoms with Crippen LogP contribution in [0.15, 0.2) is 24.3 Å². The minimum atomic E-state index is -0.238. The predicted molar refractivity (Wildman–Crippen MR) is 90.2 cm³/mol. The first kappa shape index (κ1) is 16.2. The number of amides is 2. The van der Waals surface area contributed by atoms with Gasteiger partial charge in [0.25, 0.3) is 0 Å².